The maximum Gasteiger partial charge on any atom is 0.118 e. The fourth-order valence-electron chi connectivity index (χ4n) is 5.16. The van der Waals surface area contributed by atoms with Gasteiger partial charge in [-0.3, -0.25) is 9.80 Å². The highest BCUT2D eigenvalue weighted by molar-refractivity contribution is 5.29. The summed E-state index contributed by atoms with van der Waals surface area (Å²) in [4.78, 5) is 5.50. The van der Waals surface area contributed by atoms with E-state index in [1.54, 1.807) is 7.11 Å². The van der Waals surface area contributed by atoms with Crippen LogP contribution in [0, 0.1) is 0 Å². The zero-order chi connectivity index (χ0) is 19.9. The largest absolute Gasteiger partial charge is 0.497 e. The predicted octanol–water partition coefficient (Wildman–Crippen LogP) is 5.32. The van der Waals surface area contributed by atoms with Gasteiger partial charge in [0.2, 0.25) is 0 Å². The Balaban J connectivity index is 1.44. The van der Waals surface area contributed by atoms with E-state index in [1.807, 2.05) is 0 Å². The van der Waals surface area contributed by atoms with Crippen LogP contribution in [0.25, 0.3) is 0 Å². The van der Waals surface area contributed by atoms with Gasteiger partial charge in [-0.25, -0.2) is 0 Å². The van der Waals surface area contributed by atoms with Gasteiger partial charge in [0.25, 0.3) is 0 Å². The van der Waals surface area contributed by atoms with Crippen molar-refractivity contribution in [3.63, 3.8) is 0 Å². The predicted molar refractivity (Wildman–Crippen MR) is 121 cm³/mol. The Kier molecular flexibility index (Phi) is 7.23. The Morgan fingerprint density at radius 3 is 2.10 bits per heavy atom. The number of rotatable bonds is 6. The van der Waals surface area contributed by atoms with Crippen molar-refractivity contribution >= 4 is 0 Å². The molecule has 1 saturated carbocycles. The number of ether oxygens (including phenoxy) is 1. The molecule has 1 unspecified atom stereocenters. The summed E-state index contributed by atoms with van der Waals surface area (Å²) in [6.45, 7) is 4.78. The lowest BCUT2D eigenvalue weighted by molar-refractivity contribution is 0.0633. The van der Waals surface area contributed by atoms with E-state index >= 15 is 0 Å². The van der Waals surface area contributed by atoms with Crippen molar-refractivity contribution in [1.82, 2.24) is 9.80 Å². The SMILES string of the molecule is COc1ccc(CC(c2ccccc2)N2CCN(C3CCCCCC3)CC2)cc1. The van der Waals surface area contributed by atoms with E-state index in [4.69, 9.17) is 4.74 Å². The topological polar surface area (TPSA) is 15.7 Å². The van der Waals surface area contributed by atoms with Gasteiger partial charge in [-0.15, -0.1) is 0 Å². The minimum Gasteiger partial charge on any atom is -0.497 e. The van der Waals surface area contributed by atoms with Crippen molar-refractivity contribution in [3.05, 3.63) is 65.7 Å². The Morgan fingerprint density at radius 1 is 0.828 bits per heavy atom. The molecule has 2 fully saturated rings. The van der Waals surface area contributed by atoms with Crippen LogP contribution in [0.2, 0.25) is 0 Å². The van der Waals surface area contributed by atoms with Crippen LogP contribution in [-0.4, -0.2) is 49.1 Å². The molecule has 0 bridgehead atoms. The number of methoxy groups -OCH3 is 1. The van der Waals surface area contributed by atoms with Gasteiger partial charge in [-0.1, -0.05) is 68.1 Å². The molecule has 0 radical (unpaired) electrons. The van der Waals surface area contributed by atoms with Crippen LogP contribution in [0.1, 0.15) is 55.7 Å². The van der Waals surface area contributed by atoms with E-state index in [1.165, 1.54) is 75.8 Å². The maximum absolute atomic E-state index is 5.34. The summed E-state index contributed by atoms with van der Waals surface area (Å²) in [5.41, 5.74) is 2.82. The number of piperazine rings is 1. The minimum absolute atomic E-state index is 0.445. The molecule has 2 aromatic carbocycles. The number of hydrogen-bond donors (Lipinski definition) is 0. The van der Waals surface area contributed by atoms with Crippen molar-refractivity contribution in [2.45, 2.75) is 57.0 Å². The molecule has 1 aliphatic heterocycles. The van der Waals surface area contributed by atoms with E-state index in [2.05, 4.69) is 64.4 Å². The smallest absolute Gasteiger partial charge is 0.118 e. The molecule has 2 aliphatic rings. The quantitative estimate of drug-likeness (QED) is 0.619. The van der Waals surface area contributed by atoms with Crippen molar-refractivity contribution in [3.8, 4) is 5.75 Å². The first-order chi connectivity index (χ1) is 14.3. The third kappa shape index (κ3) is 5.40. The molecule has 2 aromatic rings. The van der Waals surface area contributed by atoms with Crippen LogP contribution in [0.4, 0.5) is 0 Å². The van der Waals surface area contributed by atoms with Gasteiger partial charge < -0.3 is 4.74 Å². The summed E-state index contributed by atoms with van der Waals surface area (Å²) in [6.07, 6.45) is 9.60. The third-order valence-corrected chi connectivity index (χ3v) is 6.90. The Hall–Kier alpha value is -1.84. The van der Waals surface area contributed by atoms with Gasteiger partial charge >= 0.3 is 0 Å². The van der Waals surface area contributed by atoms with E-state index in [0.29, 0.717) is 6.04 Å². The highest BCUT2D eigenvalue weighted by Crippen LogP contribution is 2.29. The van der Waals surface area contributed by atoms with Crippen LogP contribution in [-0.2, 0) is 6.42 Å². The first-order valence-electron chi connectivity index (χ1n) is 11.5. The lowest BCUT2D eigenvalue weighted by Crippen LogP contribution is -2.51. The molecule has 0 amide bonds. The van der Waals surface area contributed by atoms with Gasteiger partial charge in [0, 0.05) is 38.3 Å². The minimum atomic E-state index is 0.445. The van der Waals surface area contributed by atoms with Gasteiger partial charge in [0.05, 0.1) is 7.11 Å². The number of hydrogen-bond acceptors (Lipinski definition) is 3. The summed E-state index contributed by atoms with van der Waals surface area (Å²) >= 11 is 0. The zero-order valence-electron chi connectivity index (χ0n) is 17.9. The molecule has 4 rings (SSSR count). The number of nitrogens with zero attached hydrogens (tertiary/aromatic N) is 2. The second-order valence-electron chi connectivity index (χ2n) is 8.70. The molecule has 156 valence electrons. The van der Waals surface area contributed by atoms with Crippen LogP contribution in [0.15, 0.2) is 54.6 Å². The summed E-state index contributed by atoms with van der Waals surface area (Å²) in [5.74, 6) is 0.932. The average Bonchev–Trinajstić information content (AvgIpc) is 3.08. The summed E-state index contributed by atoms with van der Waals surface area (Å²) in [5, 5.41) is 0. The molecule has 1 aliphatic carbocycles. The van der Waals surface area contributed by atoms with Gasteiger partial charge in [0.1, 0.15) is 5.75 Å². The molecule has 0 spiro atoms. The normalized spacial score (nSPS) is 20.9. The molecule has 29 heavy (non-hydrogen) atoms. The molecule has 1 saturated heterocycles. The van der Waals surface area contributed by atoms with Crippen molar-refractivity contribution in [1.29, 1.82) is 0 Å². The zero-order valence-corrected chi connectivity index (χ0v) is 17.9. The Labute approximate surface area is 176 Å². The monoisotopic (exact) mass is 392 g/mol. The van der Waals surface area contributed by atoms with Crippen LogP contribution in [0.5, 0.6) is 5.75 Å². The van der Waals surface area contributed by atoms with Crippen LogP contribution >= 0.6 is 0 Å². The Bertz CT molecular complexity index is 714. The molecule has 1 atom stereocenters. The van der Waals surface area contributed by atoms with Gasteiger partial charge in [0.15, 0.2) is 0 Å². The lowest BCUT2D eigenvalue weighted by atomic mass is 9.96. The van der Waals surface area contributed by atoms with E-state index in [9.17, 15) is 0 Å². The van der Waals surface area contributed by atoms with Crippen LogP contribution < -0.4 is 4.74 Å². The first-order valence-corrected chi connectivity index (χ1v) is 11.5. The lowest BCUT2D eigenvalue weighted by Gasteiger charge is -2.42. The average molecular weight is 393 g/mol. The standard InChI is InChI=1S/C26H36N2O/c1-29-25-15-13-22(14-16-25)21-26(23-9-5-4-6-10-23)28-19-17-27(18-20-28)24-11-7-2-3-8-12-24/h4-6,9-10,13-16,24,26H,2-3,7-8,11-12,17-21H2,1H3. The second kappa shape index (κ2) is 10.3. The molecule has 3 nitrogen and oxygen atoms in total. The van der Waals surface area contributed by atoms with Crippen molar-refractivity contribution in [2.75, 3.05) is 33.3 Å². The van der Waals surface area contributed by atoms with E-state index < -0.39 is 0 Å². The maximum atomic E-state index is 5.34. The third-order valence-electron chi connectivity index (χ3n) is 6.90. The molecule has 1 heterocycles. The molecular formula is C26H36N2O. The fourth-order valence-corrected chi connectivity index (χ4v) is 5.16. The van der Waals surface area contributed by atoms with Crippen molar-refractivity contribution in [2.24, 2.45) is 0 Å². The summed E-state index contributed by atoms with van der Waals surface area (Å²) < 4.78 is 5.34. The number of benzene rings is 2. The molecule has 0 N–H and O–H groups in total. The first kappa shape index (κ1) is 20.4. The summed E-state index contributed by atoms with van der Waals surface area (Å²) in [7, 11) is 1.73. The van der Waals surface area contributed by atoms with E-state index in [-0.39, 0.29) is 0 Å². The highest BCUT2D eigenvalue weighted by atomic mass is 16.5. The van der Waals surface area contributed by atoms with Crippen LogP contribution in [0.3, 0.4) is 0 Å². The molecular weight excluding hydrogens is 356 g/mol. The molecule has 3 heteroatoms. The second-order valence-corrected chi connectivity index (χ2v) is 8.70. The molecule has 0 aromatic heterocycles. The van der Waals surface area contributed by atoms with Gasteiger partial charge in [-0.05, 0) is 42.5 Å². The Morgan fingerprint density at radius 2 is 1.48 bits per heavy atom. The van der Waals surface area contributed by atoms with Gasteiger partial charge in [-0.2, -0.15) is 0 Å². The fraction of sp³-hybridized carbons (Fsp3) is 0.538. The van der Waals surface area contributed by atoms with E-state index in [0.717, 1.165) is 18.2 Å². The highest BCUT2D eigenvalue weighted by Gasteiger charge is 2.28. The summed E-state index contributed by atoms with van der Waals surface area (Å²) in [6, 6.07) is 21.0. The van der Waals surface area contributed by atoms with Crippen molar-refractivity contribution < 1.29 is 4.74 Å².